The maximum atomic E-state index is 11.9. The van der Waals surface area contributed by atoms with Gasteiger partial charge in [0.05, 0.1) is 5.41 Å². The molecule has 2 aliphatic rings. The quantitative estimate of drug-likeness (QED) is 0.436. The van der Waals surface area contributed by atoms with E-state index in [4.69, 9.17) is 0 Å². The first kappa shape index (κ1) is 16.0. The van der Waals surface area contributed by atoms with Gasteiger partial charge in [0.15, 0.2) is 0 Å². The minimum Gasteiger partial charge on any atom is -0.408 e. The summed E-state index contributed by atoms with van der Waals surface area (Å²) >= 11 is 0. The zero-order valence-corrected chi connectivity index (χ0v) is 14.1. The SMILES string of the molecule is [CH2-]c1cccnc1N1CCC2(CC1)CC(=O)NC2=O.[CH3-].[Lr]. The molecule has 21 heavy (non-hydrogen) atoms. The van der Waals surface area contributed by atoms with Crippen molar-refractivity contribution < 1.29 is 9.59 Å². The van der Waals surface area contributed by atoms with Crippen LogP contribution in [0.5, 0.6) is 0 Å². The summed E-state index contributed by atoms with van der Waals surface area (Å²) < 4.78 is 0. The summed E-state index contributed by atoms with van der Waals surface area (Å²) in [4.78, 5) is 29.7. The molecule has 123 valence electrons. The average Bonchev–Trinajstić information content (AvgIpc) is 2.66. The van der Waals surface area contributed by atoms with E-state index in [1.165, 1.54) is 0 Å². The number of carbonyl (C=O) groups excluding carboxylic acids is 2. The van der Waals surface area contributed by atoms with Crippen LogP contribution in [-0.2, 0) is 9.59 Å². The summed E-state index contributed by atoms with van der Waals surface area (Å²) in [7, 11) is 0. The monoisotopic (exact) mass is 535 g/mol. The standard InChI is InChI=1S/C14H16N3O2.CH3.Lr/c1-10-3-2-6-15-12(10)17-7-4-14(5-8-17)9-11(18)16-13(14)19;;/h2-3,6H,1,4-5,7-9H2,(H,16,18,19);1H3;/q2*-1;. The van der Waals surface area contributed by atoms with Gasteiger partial charge in [-0.2, -0.15) is 18.6 Å². The van der Waals surface area contributed by atoms with E-state index in [1.54, 1.807) is 6.20 Å². The van der Waals surface area contributed by atoms with Gasteiger partial charge in [-0.25, -0.2) is 0 Å². The van der Waals surface area contributed by atoms with Gasteiger partial charge in [-0.1, -0.05) is 0 Å². The Morgan fingerprint density at radius 2 is 1.95 bits per heavy atom. The van der Waals surface area contributed by atoms with Gasteiger partial charge in [-0.3, -0.25) is 14.9 Å². The van der Waals surface area contributed by atoms with E-state index in [1.807, 2.05) is 12.1 Å². The number of piperidine rings is 1. The molecule has 1 N–H and O–H groups in total. The van der Waals surface area contributed by atoms with Crippen LogP contribution in [0.25, 0.3) is 0 Å². The molecule has 3 heterocycles. The summed E-state index contributed by atoms with van der Waals surface area (Å²) in [6.45, 7) is 5.45. The molecule has 2 amide bonds. The van der Waals surface area contributed by atoms with E-state index >= 15 is 0 Å². The van der Waals surface area contributed by atoms with Crippen molar-refractivity contribution >= 4 is 17.6 Å². The number of amides is 2. The number of nitrogens with one attached hydrogen (secondary N) is 1. The number of hydrogen-bond donors (Lipinski definition) is 1. The number of pyridine rings is 1. The molecule has 2 fully saturated rings. The van der Waals surface area contributed by atoms with E-state index < -0.39 is 5.41 Å². The summed E-state index contributed by atoms with van der Waals surface area (Å²) in [5.41, 5.74) is 0.411. The molecule has 5 nitrogen and oxygen atoms in total. The van der Waals surface area contributed by atoms with Crippen LogP contribution in [0.3, 0.4) is 0 Å². The first-order valence-corrected chi connectivity index (χ1v) is 6.47. The Bertz CT molecular complexity index is 539. The fraction of sp³-hybridized carbons (Fsp3) is 0.400. The number of nitrogens with zero attached hydrogens (tertiary/aromatic N) is 2. The summed E-state index contributed by atoms with van der Waals surface area (Å²) in [6.07, 6.45) is 3.47. The van der Waals surface area contributed by atoms with Crippen LogP contribution in [-0.4, -0.2) is 29.9 Å². The third-order valence-corrected chi connectivity index (χ3v) is 4.12. The van der Waals surface area contributed by atoms with Crippen molar-refractivity contribution in [2.75, 3.05) is 18.0 Å². The van der Waals surface area contributed by atoms with Crippen LogP contribution in [0, 0.1) is 19.8 Å². The molecule has 0 aromatic carbocycles. The van der Waals surface area contributed by atoms with Crippen LogP contribution >= 0.6 is 0 Å². The second kappa shape index (κ2) is 5.53. The van der Waals surface area contributed by atoms with E-state index in [2.05, 4.69) is 22.1 Å². The topological polar surface area (TPSA) is 62.3 Å². The average molecular weight is 535 g/mol. The van der Waals surface area contributed by atoms with Gasteiger partial charge < -0.3 is 17.3 Å². The molecule has 0 saturated carbocycles. The Morgan fingerprint density at radius 1 is 1.29 bits per heavy atom. The van der Waals surface area contributed by atoms with Crippen molar-refractivity contribution in [2.45, 2.75) is 19.3 Å². The molecule has 0 bridgehead atoms. The molecule has 6 heteroatoms. The fourth-order valence-corrected chi connectivity index (χ4v) is 2.96. The van der Waals surface area contributed by atoms with Crippen molar-refractivity contribution in [1.82, 2.24) is 10.3 Å². The van der Waals surface area contributed by atoms with E-state index in [-0.39, 0.29) is 19.2 Å². The Kier molecular flexibility index (Phi) is 4.21. The first-order chi connectivity index (χ1) is 9.11. The molecule has 2 saturated heterocycles. The summed E-state index contributed by atoms with van der Waals surface area (Å²) in [6, 6.07) is 3.79. The van der Waals surface area contributed by atoms with Crippen molar-refractivity contribution in [2.24, 2.45) is 5.41 Å². The maximum Gasteiger partial charge on any atom is 0.233 e. The van der Waals surface area contributed by atoms with Gasteiger partial charge in [0.1, 0.15) is 0 Å². The second-order valence-electron chi connectivity index (χ2n) is 5.31. The molecule has 1 radical (unpaired) electrons. The van der Waals surface area contributed by atoms with E-state index in [9.17, 15) is 9.59 Å². The number of carbonyl (C=O) groups is 2. The third-order valence-electron chi connectivity index (χ3n) is 4.12. The normalized spacial score (nSPS) is 19.7. The molecule has 1 aromatic rings. The summed E-state index contributed by atoms with van der Waals surface area (Å²) in [5, 5.41) is 2.42. The van der Waals surface area contributed by atoms with Crippen molar-refractivity contribution in [1.29, 1.82) is 0 Å². The minimum atomic E-state index is -0.482. The number of aromatic nitrogens is 1. The summed E-state index contributed by atoms with van der Waals surface area (Å²) in [5.74, 6) is 0.629. The van der Waals surface area contributed by atoms with Crippen molar-refractivity contribution in [3.63, 3.8) is 0 Å². The number of anilines is 1. The number of rotatable bonds is 1. The van der Waals surface area contributed by atoms with Gasteiger partial charge in [-0.15, -0.1) is 6.07 Å². The Morgan fingerprint density at radius 3 is 2.48 bits per heavy atom. The van der Waals surface area contributed by atoms with Crippen molar-refractivity contribution in [3.05, 3.63) is 38.2 Å². The zero-order valence-electron chi connectivity index (χ0n) is 11.9. The molecular formula is C15H19LrN3O2-2. The molecule has 0 unspecified atom stereocenters. The molecule has 1 aromatic heterocycles. The Balaban J connectivity index is 0.00000110. The molecule has 0 atom stereocenters. The minimum absolute atomic E-state index is 0. The molecule has 0 aliphatic carbocycles. The third kappa shape index (κ3) is 2.50. The zero-order chi connectivity index (χ0) is 13.5. The van der Waals surface area contributed by atoms with Crippen LogP contribution < -0.4 is 10.2 Å². The predicted octanol–water partition coefficient (Wildman–Crippen LogP) is 1.35. The van der Waals surface area contributed by atoms with E-state index in [0.717, 1.165) is 24.5 Å². The maximum absolute atomic E-state index is 11.9. The van der Waals surface area contributed by atoms with Gasteiger partial charge in [0, 0.05) is 31.5 Å². The smallest absolute Gasteiger partial charge is 0.233 e. The van der Waals surface area contributed by atoms with Gasteiger partial charge in [-0.05, 0) is 12.8 Å². The van der Waals surface area contributed by atoms with Gasteiger partial charge in [0.2, 0.25) is 11.8 Å². The number of imide groups is 1. The van der Waals surface area contributed by atoms with Gasteiger partial charge in [0.25, 0.3) is 0 Å². The largest absolute Gasteiger partial charge is 0.408 e. The molecule has 1 spiro atoms. The molecular weight excluding hydrogens is 516 g/mol. The predicted molar refractivity (Wildman–Crippen MR) is 76.8 cm³/mol. The van der Waals surface area contributed by atoms with Crippen LogP contribution in [0.15, 0.2) is 18.3 Å². The Hall–Kier alpha value is -3.04. The molecule has 3 rings (SSSR count). The van der Waals surface area contributed by atoms with Crippen molar-refractivity contribution in [3.8, 4) is 0 Å². The first-order valence-electron chi connectivity index (χ1n) is 6.47. The van der Waals surface area contributed by atoms with Crippen LogP contribution in [0.4, 0.5) is 5.82 Å². The number of hydrogen-bond acceptors (Lipinski definition) is 4. The second-order valence-corrected chi connectivity index (χ2v) is 5.31. The Labute approximate surface area is 119 Å². The van der Waals surface area contributed by atoms with Crippen LogP contribution in [0.1, 0.15) is 24.8 Å². The van der Waals surface area contributed by atoms with E-state index in [0.29, 0.717) is 19.3 Å². The fourth-order valence-electron chi connectivity index (χ4n) is 2.96. The molecule has 2 aliphatic heterocycles. The van der Waals surface area contributed by atoms with Gasteiger partial charge >= 0.3 is 0 Å². The van der Waals surface area contributed by atoms with Crippen LogP contribution in [0.2, 0.25) is 0 Å².